The van der Waals surface area contributed by atoms with Gasteiger partial charge in [0.2, 0.25) is 5.91 Å². The molecule has 1 aromatic heterocycles. The Morgan fingerprint density at radius 1 is 1.26 bits per heavy atom. The summed E-state index contributed by atoms with van der Waals surface area (Å²) in [6.45, 7) is 2.82. The molecule has 2 heterocycles. The second-order valence-electron chi connectivity index (χ2n) is 6.77. The Morgan fingerprint density at radius 3 is 2.63 bits per heavy atom. The molecule has 1 aliphatic rings. The molecule has 0 radical (unpaired) electrons. The normalized spacial score (nSPS) is 19.6. The highest BCUT2D eigenvalue weighted by atomic mass is 35.5. The molecule has 2 atom stereocenters. The van der Waals surface area contributed by atoms with E-state index in [0.29, 0.717) is 35.8 Å². The molecule has 3 rings (SSSR count). The van der Waals surface area contributed by atoms with Crippen LogP contribution in [0.25, 0.3) is 0 Å². The zero-order valence-electron chi connectivity index (χ0n) is 15.1. The number of rotatable bonds is 5. The van der Waals surface area contributed by atoms with E-state index in [1.54, 1.807) is 41.4 Å². The SMILES string of the molecule is Cc1ccc(C(=O)N2CC[C@H](Oc3ccc(Cl)cc3)[C@@H](CC(N)=O)C2)cn1. The summed E-state index contributed by atoms with van der Waals surface area (Å²) in [6.07, 6.45) is 2.16. The highest BCUT2D eigenvalue weighted by Gasteiger charge is 2.34. The van der Waals surface area contributed by atoms with Crippen molar-refractivity contribution in [2.24, 2.45) is 11.7 Å². The van der Waals surface area contributed by atoms with Crippen LogP contribution >= 0.6 is 11.6 Å². The van der Waals surface area contributed by atoms with Gasteiger partial charge in [-0.15, -0.1) is 0 Å². The number of nitrogens with zero attached hydrogens (tertiary/aromatic N) is 2. The summed E-state index contributed by atoms with van der Waals surface area (Å²) in [5, 5.41) is 0.628. The second kappa shape index (κ2) is 8.39. The quantitative estimate of drug-likeness (QED) is 0.854. The van der Waals surface area contributed by atoms with Crippen molar-refractivity contribution in [3.8, 4) is 5.75 Å². The number of piperidine rings is 1. The zero-order chi connectivity index (χ0) is 19.4. The molecular weight excluding hydrogens is 366 g/mol. The van der Waals surface area contributed by atoms with Crippen molar-refractivity contribution in [3.05, 3.63) is 58.9 Å². The third-order valence-electron chi connectivity index (χ3n) is 4.67. The van der Waals surface area contributed by atoms with E-state index >= 15 is 0 Å². The average Bonchev–Trinajstić information content (AvgIpc) is 2.64. The number of nitrogens with two attached hydrogens (primary N) is 1. The summed E-state index contributed by atoms with van der Waals surface area (Å²) in [5.74, 6) is 0.00795. The van der Waals surface area contributed by atoms with Gasteiger partial charge in [0.05, 0.1) is 5.56 Å². The molecule has 0 unspecified atom stereocenters. The first-order chi connectivity index (χ1) is 12.9. The predicted octanol–water partition coefficient (Wildman–Crippen LogP) is 2.83. The summed E-state index contributed by atoms with van der Waals surface area (Å²) in [6, 6.07) is 10.7. The van der Waals surface area contributed by atoms with E-state index in [0.717, 1.165) is 5.69 Å². The molecule has 1 aromatic carbocycles. The molecule has 2 amide bonds. The number of carbonyl (C=O) groups excluding carboxylic acids is 2. The van der Waals surface area contributed by atoms with Gasteiger partial charge < -0.3 is 15.4 Å². The van der Waals surface area contributed by atoms with Gasteiger partial charge >= 0.3 is 0 Å². The molecule has 6 nitrogen and oxygen atoms in total. The van der Waals surface area contributed by atoms with Crippen LogP contribution < -0.4 is 10.5 Å². The predicted molar refractivity (Wildman–Crippen MR) is 103 cm³/mol. The molecule has 0 spiro atoms. The summed E-state index contributed by atoms with van der Waals surface area (Å²) in [4.78, 5) is 30.2. The number of aromatic nitrogens is 1. The van der Waals surface area contributed by atoms with Gasteiger partial charge in [-0.1, -0.05) is 11.6 Å². The molecular formula is C20H22ClN3O3. The number of primary amides is 1. The van der Waals surface area contributed by atoms with Crippen LogP contribution in [-0.2, 0) is 4.79 Å². The second-order valence-corrected chi connectivity index (χ2v) is 7.21. The summed E-state index contributed by atoms with van der Waals surface area (Å²) in [7, 11) is 0. The lowest BCUT2D eigenvalue weighted by atomic mass is 9.90. The minimum absolute atomic E-state index is 0.0955. The molecule has 142 valence electrons. The van der Waals surface area contributed by atoms with Gasteiger partial charge in [-0.05, 0) is 43.3 Å². The monoisotopic (exact) mass is 387 g/mol. The van der Waals surface area contributed by atoms with E-state index in [9.17, 15) is 9.59 Å². The molecule has 1 saturated heterocycles. The summed E-state index contributed by atoms with van der Waals surface area (Å²) in [5.41, 5.74) is 6.82. The lowest BCUT2D eigenvalue weighted by molar-refractivity contribution is -0.120. The van der Waals surface area contributed by atoms with Crippen LogP contribution in [0.15, 0.2) is 42.6 Å². The lowest BCUT2D eigenvalue weighted by Gasteiger charge is -2.38. The highest BCUT2D eigenvalue weighted by Crippen LogP contribution is 2.27. The van der Waals surface area contributed by atoms with E-state index in [1.807, 2.05) is 13.0 Å². The molecule has 7 heteroatoms. The van der Waals surface area contributed by atoms with E-state index < -0.39 is 5.91 Å². The molecule has 0 saturated carbocycles. The van der Waals surface area contributed by atoms with Gasteiger partial charge in [-0.2, -0.15) is 0 Å². The molecule has 0 aliphatic carbocycles. The Hall–Kier alpha value is -2.60. The van der Waals surface area contributed by atoms with Gasteiger partial charge in [-0.3, -0.25) is 14.6 Å². The Balaban J connectivity index is 1.71. The Bertz CT molecular complexity index is 808. The van der Waals surface area contributed by atoms with Crippen molar-refractivity contribution >= 4 is 23.4 Å². The van der Waals surface area contributed by atoms with Gasteiger partial charge in [0.25, 0.3) is 5.91 Å². The highest BCUT2D eigenvalue weighted by molar-refractivity contribution is 6.30. The number of carbonyl (C=O) groups is 2. The van der Waals surface area contributed by atoms with E-state index in [-0.39, 0.29) is 24.3 Å². The van der Waals surface area contributed by atoms with Crippen LogP contribution in [0, 0.1) is 12.8 Å². The minimum atomic E-state index is -0.406. The van der Waals surface area contributed by atoms with Gasteiger partial charge in [0.15, 0.2) is 0 Å². The maximum atomic E-state index is 12.8. The first-order valence-corrected chi connectivity index (χ1v) is 9.22. The lowest BCUT2D eigenvalue weighted by Crippen LogP contribution is -2.49. The number of aryl methyl sites for hydroxylation is 1. The van der Waals surface area contributed by atoms with E-state index in [2.05, 4.69) is 4.98 Å². The van der Waals surface area contributed by atoms with Crippen LogP contribution in [0.4, 0.5) is 0 Å². The molecule has 2 aromatic rings. The Labute approximate surface area is 163 Å². The van der Waals surface area contributed by atoms with Crippen molar-refractivity contribution in [1.29, 1.82) is 0 Å². The van der Waals surface area contributed by atoms with Crippen molar-refractivity contribution in [2.45, 2.75) is 25.9 Å². The molecule has 27 heavy (non-hydrogen) atoms. The number of pyridine rings is 1. The number of hydrogen-bond donors (Lipinski definition) is 1. The van der Waals surface area contributed by atoms with E-state index in [1.165, 1.54) is 0 Å². The number of benzene rings is 1. The Kier molecular flexibility index (Phi) is 5.96. The average molecular weight is 388 g/mol. The molecule has 2 N–H and O–H groups in total. The molecule has 1 aliphatic heterocycles. The van der Waals surface area contributed by atoms with Crippen molar-refractivity contribution in [3.63, 3.8) is 0 Å². The fraction of sp³-hybridized carbons (Fsp3) is 0.350. The topological polar surface area (TPSA) is 85.5 Å². The summed E-state index contributed by atoms with van der Waals surface area (Å²) < 4.78 is 6.06. The van der Waals surface area contributed by atoms with Crippen LogP contribution in [-0.4, -0.2) is 40.9 Å². The number of likely N-dealkylation sites (tertiary alicyclic amines) is 1. The van der Waals surface area contributed by atoms with Crippen LogP contribution in [0.1, 0.15) is 28.9 Å². The zero-order valence-corrected chi connectivity index (χ0v) is 15.9. The largest absolute Gasteiger partial charge is 0.490 e. The Morgan fingerprint density at radius 2 is 2.00 bits per heavy atom. The summed E-state index contributed by atoms with van der Waals surface area (Å²) >= 11 is 5.91. The fourth-order valence-electron chi connectivity index (χ4n) is 3.27. The van der Waals surface area contributed by atoms with Crippen LogP contribution in [0.2, 0.25) is 5.02 Å². The van der Waals surface area contributed by atoms with Crippen molar-refractivity contribution in [2.75, 3.05) is 13.1 Å². The number of amides is 2. The number of ether oxygens (including phenoxy) is 1. The maximum absolute atomic E-state index is 12.8. The van der Waals surface area contributed by atoms with Crippen molar-refractivity contribution < 1.29 is 14.3 Å². The molecule has 1 fully saturated rings. The first-order valence-electron chi connectivity index (χ1n) is 8.85. The maximum Gasteiger partial charge on any atom is 0.255 e. The fourth-order valence-corrected chi connectivity index (χ4v) is 3.40. The third-order valence-corrected chi connectivity index (χ3v) is 4.93. The van der Waals surface area contributed by atoms with Crippen molar-refractivity contribution in [1.82, 2.24) is 9.88 Å². The molecule has 0 bridgehead atoms. The van der Waals surface area contributed by atoms with Crippen LogP contribution in [0.3, 0.4) is 0 Å². The van der Waals surface area contributed by atoms with Crippen LogP contribution in [0.5, 0.6) is 5.75 Å². The smallest absolute Gasteiger partial charge is 0.255 e. The third kappa shape index (κ3) is 4.98. The van der Waals surface area contributed by atoms with E-state index in [4.69, 9.17) is 22.1 Å². The van der Waals surface area contributed by atoms with Gasteiger partial charge in [-0.25, -0.2) is 0 Å². The standard InChI is InChI=1S/C20H22ClN3O3/c1-13-2-3-14(11-23-13)20(26)24-9-8-18(15(12-24)10-19(22)25)27-17-6-4-16(21)5-7-17/h2-7,11,15,18H,8-10,12H2,1H3,(H2,22,25)/t15-,18-/m0/s1. The number of hydrogen-bond acceptors (Lipinski definition) is 4. The minimum Gasteiger partial charge on any atom is -0.490 e. The first kappa shape index (κ1) is 19.2. The number of halogens is 1. The van der Waals surface area contributed by atoms with Gasteiger partial charge in [0.1, 0.15) is 11.9 Å². The van der Waals surface area contributed by atoms with Gasteiger partial charge in [0, 0.05) is 48.8 Å².